The van der Waals surface area contributed by atoms with Crippen LogP contribution in [-0.2, 0) is 0 Å². The quantitative estimate of drug-likeness (QED) is 0.495. The zero-order chi connectivity index (χ0) is 9.97. The van der Waals surface area contributed by atoms with Crippen LogP contribution >= 0.6 is 12.2 Å². The van der Waals surface area contributed by atoms with E-state index in [-0.39, 0.29) is 5.11 Å². The van der Waals surface area contributed by atoms with Crippen LogP contribution in [0.25, 0.3) is 11.0 Å². The molecule has 3 N–H and O–H groups in total. The molecule has 1 heterocycles. The smallest absolute Gasteiger partial charge is 0.207 e. The molecular formula is C8H7FN4S. The number of H-pyrrole nitrogens is 1. The van der Waals surface area contributed by atoms with Gasteiger partial charge in [0.25, 0.3) is 0 Å². The number of aromatic amines is 1. The summed E-state index contributed by atoms with van der Waals surface area (Å²) in [5.41, 5.74) is 2.99. The summed E-state index contributed by atoms with van der Waals surface area (Å²) in [4.78, 5) is 7.08. The largest absolute Gasteiger partial charge is 0.324 e. The molecule has 1 aromatic carbocycles. The number of para-hydroxylation sites is 2. The molecule has 1 aromatic heterocycles. The van der Waals surface area contributed by atoms with Crippen molar-refractivity contribution >= 4 is 34.3 Å². The first kappa shape index (κ1) is 8.89. The molecule has 4 nitrogen and oxygen atoms in total. The third-order valence-electron chi connectivity index (χ3n) is 1.71. The van der Waals surface area contributed by atoms with Gasteiger partial charge in [0.15, 0.2) is 0 Å². The molecule has 0 radical (unpaired) electrons. The van der Waals surface area contributed by atoms with Crippen molar-refractivity contribution in [3.63, 3.8) is 0 Å². The molecule has 0 spiro atoms. The van der Waals surface area contributed by atoms with Gasteiger partial charge >= 0.3 is 0 Å². The number of benzene rings is 1. The second-order valence-corrected chi connectivity index (χ2v) is 3.06. The monoisotopic (exact) mass is 210 g/mol. The molecule has 0 saturated heterocycles. The minimum atomic E-state index is -0.121. The Morgan fingerprint density at radius 3 is 2.93 bits per heavy atom. The van der Waals surface area contributed by atoms with Crippen LogP contribution in [0.4, 0.5) is 10.4 Å². The zero-order valence-corrected chi connectivity index (χ0v) is 7.86. The predicted molar refractivity (Wildman–Crippen MR) is 56.6 cm³/mol. The van der Waals surface area contributed by atoms with Gasteiger partial charge in [-0.25, -0.2) is 4.98 Å². The van der Waals surface area contributed by atoms with Crippen LogP contribution in [0.15, 0.2) is 24.3 Å². The number of thiocarbonyl (C=S) groups is 1. The van der Waals surface area contributed by atoms with Gasteiger partial charge in [-0.3, -0.25) is 0 Å². The molecule has 0 unspecified atom stereocenters. The first-order chi connectivity index (χ1) is 6.79. The molecule has 0 saturated carbocycles. The lowest BCUT2D eigenvalue weighted by Crippen LogP contribution is -2.21. The number of imidazole rings is 1. The average molecular weight is 210 g/mol. The number of fused-ring (bicyclic) bond motifs is 1. The van der Waals surface area contributed by atoms with E-state index in [0.717, 1.165) is 11.0 Å². The molecule has 0 atom stereocenters. The number of anilines is 1. The number of nitrogens with one attached hydrogen (secondary N) is 3. The first-order valence-corrected chi connectivity index (χ1v) is 4.33. The van der Waals surface area contributed by atoms with E-state index in [1.165, 1.54) is 5.54 Å². The normalized spacial score (nSPS) is 10.1. The first-order valence-electron chi connectivity index (χ1n) is 3.92. The standard InChI is InChI=1S/C8H7FN4S/c9-13-8(14)12-7-10-5-3-1-2-4-6(5)11-7/h1-4H,(H3,10,11,12,13,14). The van der Waals surface area contributed by atoms with Crippen molar-refractivity contribution < 1.29 is 4.48 Å². The lowest BCUT2D eigenvalue weighted by Gasteiger charge is -1.98. The van der Waals surface area contributed by atoms with Crippen molar-refractivity contribution in [3.05, 3.63) is 24.3 Å². The molecule has 0 aliphatic rings. The highest BCUT2D eigenvalue weighted by Crippen LogP contribution is 2.12. The second kappa shape index (κ2) is 3.59. The molecule has 0 aliphatic heterocycles. The van der Waals surface area contributed by atoms with Crippen molar-refractivity contribution in [3.8, 4) is 0 Å². The Kier molecular flexibility index (Phi) is 2.28. The summed E-state index contributed by atoms with van der Waals surface area (Å²) < 4.78 is 11.8. The van der Waals surface area contributed by atoms with Gasteiger partial charge in [0, 0.05) is 0 Å². The van der Waals surface area contributed by atoms with Gasteiger partial charge in [0.1, 0.15) is 0 Å². The van der Waals surface area contributed by atoms with E-state index in [9.17, 15) is 4.48 Å². The average Bonchev–Trinajstić information content (AvgIpc) is 2.59. The third-order valence-corrected chi connectivity index (χ3v) is 1.89. The van der Waals surface area contributed by atoms with Crippen molar-refractivity contribution in [2.75, 3.05) is 5.32 Å². The molecule has 0 amide bonds. The van der Waals surface area contributed by atoms with Crippen LogP contribution in [0.2, 0.25) is 0 Å². The van der Waals surface area contributed by atoms with Crippen molar-refractivity contribution in [2.24, 2.45) is 0 Å². The van der Waals surface area contributed by atoms with Crippen LogP contribution in [0.5, 0.6) is 0 Å². The van der Waals surface area contributed by atoms with Crippen LogP contribution < -0.4 is 10.9 Å². The Balaban J connectivity index is 2.31. The van der Waals surface area contributed by atoms with Gasteiger partial charge < -0.3 is 10.3 Å². The van der Waals surface area contributed by atoms with Crippen molar-refractivity contribution in [1.82, 2.24) is 15.5 Å². The molecule has 14 heavy (non-hydrogen) atoms. The molecule has 0 fully saturated rings. The van der Waals surface area contributed by atoms with E-state index in [0.29, 0.717) is 5.95 Å². The number of halogens is 1. The minimum absolute atomic E-state index is 0.121. The fraction of sp³-hybridized carbons (Fsp3) is 0. The minimum Gasteiger partial charge on any atom is -0.324 e. The third kappa shape index (κ3) is 1.64. The van der Waals surface area contributed by atoms with Crippen molar-refractivity contribution in [2.45, 2.75) is 0 Å². The maximum Gasteiger partial charge on any atom is 0.207 e. The lowest BCUT2D eigenvalue weighted by atomic mass is 10.3. The number of aromatic nitrogens is 2. The predicted octanol–water partition coefficient (Wildman–Crippen LogP) is 1.73. The van der Waals surface area contributed by atoms with Gasteiger partial charge in [0.2, 0.25) is 11.1 Å². The Morgan fingerprint density at radius 1 is 1.43 bits per heavy atom. The summed E-state index contributed by atoms with van der Waals surface area (Å²) in [6.07, 6.45) is 0. The Hall–Kier alpha value is -1.69. The van der Waals surface area contributed by atoms with Crippen LogP contribution in [0, 0.1) is 0 Å². The molecule has 0 bridgehead atoms. The molecule has 6 heteroatoms. The Bertz CT molecular complexity index is 434. The number of hydrogen-bond acceptors (Lipinski definition) is 2. The fourth-order valence-corrected chi connectivity index (χ4v) is 1.24. The van der Waals surface area contributed by atoms with Crippen LogP contribution in [0.3, 0.4) is 0 Å². The Morgan fingerprint density at radius 2 is 2.21 bits per heavy atom. The fourth-order valence-electron chi connectivity index (χ4n) is 1.14. The maximum absolute atomic E-state index is 11.8. The van der Waals surface area contributed by atoms with Gasteiger partial charge in [-0.1, -0.05) is 12.1 Å². The second-order valence-electron chi connectivity index (χ2n) is 2.65. The topological polar surface area (TPSA) is 52.7 Å². The SMILES string of the molecule is FNC(=S)Nc1nc2ccccc2[nH]1. The van der Waals surface area contributed by atoms with E-state index in [1.54, 1.807) is 0 Å². The maximum atomic E-state index is 11.8. The number of hydrogen-bond donors (Lipinski definition) is 3. The summed E-state index contributed by atoms with van der Waals surface area (Å²) in [6, 6.07) is 7.48. The zero-order valence-electron chi connectivity index (χ0n) is 7.04. The van der Waals surface area contributed by atoms with E-state index in [1.807, 2.05) is 24.3 Å². The van der Waals surface area contributed by atoms with Gasteiger partial charge in [0.05, 0.1) is 11.0 Å². The van der Waals surface area contributed by atoms with E-state index in [2.05, 4.69) is 27.5 Å². The molecular weight excluding hydrogens is 203 g/mol. The van der Waals surface area contributed by atoms with Gasteiger partial charge in [-0.15, -0.1) is 4.48 Å². The van der Waals surface area contributed by atoms with Gasteiger partial charge in [-0.05, 0) is 24.4 Å². The van der Waals surface area contributed by atoms with Crippen molar-refractivity contribution in [1.29, 1.82) is 0 Å². The van der Waals surface area contributed by atoms with Crippen LogP contribution in [-0.4, -0.2) is 15.1 Å². The van der Waals surface area contributed by atoms with E-state index in [4.69, 9.17) is 0 Å². The summed E-state index contributed by atoms with van der Waals surface area (Å²) in [5.74, 6) is 0.418. The van der Waals surface area contributed by atoms with Crippen LogP contribution in [0.1, 0.15) is 0 Å². The summed E-state index contributed by atoms with van der Waals surface area (Å²) in [5, 5.41) is 2.44. The summed E-state index contributed by atoms with van der Waals surface area (Å²) >= 11 is 4.58. The molecule has 2 aromatic rings. The van der Waals surface area contributed by atoms with E-state index >= 15 is 0 Å². The lowest BCUT2D eigenvalue weighted by molar-refractivity contribution is 0.437. The highest BCUT2D eigenvalue weighted by atomic mass is 32.1. The summed E-state index contributed by atoms with van der Waals surface area (Å²) in [6.45, 7) is 0. The molecule has 0 aliphatic carbocycles. The highest BCUT2D eigenvalue weighted by Gasteiger charge is 2.02. The number of nitrogens with zero attached hydrogens (tertiary/aromatic N) is 1. The highest BCUT2D eigenvalue weighted by molar-refractivity contribution is 7.80. The summed E-state index contributed by atoms with van der Waals surface area (Å²) in [7, 11) is 0. The molecule has 72 valence electrons. The molecule has 2 rings (SSSR count). The Labute approximate surface area is 84.5 Å². The van der Waals surface area contributed by atoms with Gasteiger partial charge in [-0.2, -0.15) is 5.54 Å². The van der Waals surface area contributed by atoms with E-state index < -0.39 is 0 Å². The number of rotatable bonds is 1.